The molecule has 0 aromatic heterocycles. The van der Waals surface area contributed by atoms with Crippen LogP contribution < -0.4 is 0 Å². The number of fused-ring (bicyclic) bond motifs is 4. The Hall–Kier alpha value is -2.55. The monoisotopic (exact) mass is 698 g/mol. The Morgan fingerprint density at radius 3 is 2.31 bits per heavy atom. The van der Waals surface area contributed by atoms with Crippen LogP contribution in [0.2, 0.25) is 0 Å². The smallest absolute Gasteiger partial charge is 0.189 e. The van der Waals surface area contributed by atoms with Crippen molar-refractivity contribution in [1.29, 1.82) is 0 Å². The second-order valence-corrected chi connectivity index (χ2v) is 14.8. The lowest BCUT2D eigenvalue weighted by Crippen LogP contribution is -2.65. The Morgan fingerprint density at radius 2 is 1.57 bits per heavy atom. The first-order chi connectivity index (χ1) is 20.4. The zero-order valence-corrected chi connectivity index (χ0v) is 27.0. The average molecular weight is 700 g/mol. The second kappa shape index (κ2) is 9.73. The third kappa shape index (κ3) is 3.49. The zero-order valence-electron chi connectivity index (χ0n) is 23.0. The van der Waals surface area contributed by atoms with E-state index in [1.165, 1.54) is 0 Å². The van der Waals surface area contributed by atoms with Crippen molar-refractivity contribution in [3.63, 3.8) is 0 Å². The molecule has 42 heavy (non-hydrogen) atoms. The summed E-state index contributed by atoms with van der Waals surface area (Å²) in [5.74, 6) is 1.63. The number of thioether (sulfide) groups is 1. The number of likely N-dealkylation sites (tertiary alicyclic amines) is 1. The highest BCUT2D eigenvalue weighted by Gasteiger charge is 2.78. The van der Waals surface area contributed by atoms with E-state index in [0.29, 0.717) is 13.1 Å². The Bertz CT molecular complexity index is 1820. The number of likely N-dealkylation sites (N-methyl/N-ethyl adjacent to an activating group) is 1. The molecule has 3 heterocycles. The van der Waals surface area contributed by atoms with Crippen molar-refractivity contribution >= 4 is 72.0 Å². The summed E-state index contributed by atoms with van der Waals surface area (Å²) in [4.78, 5) is 35.5. The number of rotatable bonds is 2. The summed E-state index contributed by atoms with van der Waals surface area (Å²) in [7, 11) is 2.10. The summed E-state index contributed by atoms with van der Waals surface area (Å²) in [5, 5.41) is 2.07. The van der Waals surface area contributed by atoms with Crippen LogP contribution in [0.3, 0.4) is 0 Å². The van der Waals surface area contributed by atoms with Crippen LogP contribution in [0.15, 0.2) is 99.4 Å². The van der Waals surface area contributed by atoms with Crippen LogP contribution in [-0.4, -0.2) is 59.2 Å². The molecular formula is C35H28Br2N2O2S. The number of benzene rings is 4. The van der Waals surface area contributed by atoms with E-state index in [1.54, 1.807) is 0 Å². The van der Waals surface area contributed by atoms with Crippen LogP contribution in [0.5, 0.6) is 0 Å². The number of carbonyl (C=O) groups excluding carboxylic acids is 2. The predicted molar refractivity (Wildman–Crippen MR) is 177 cm³/mol. The fourth-order valence-corrected chi connectivity index (χ4v) is 10.4. The molecule has 0 radical (unpaired) electrons. The van der Waals surface area contributed by atoms with Gasteiger partial charge < -0.3 is 4.90 Å². The quantitative estimate of drug-likeness (QED) is 0.203. The number of hydrogen-bond acceptors (Lipinski definition) is 5. The number of Topliss-reactive ketones (excluding diaryl/α,β-unsaturated/α-hetero) is 2. The third-order valence-electron chi connectivity index (χ3n) is 9.88. The number of piperidine rings is 1. The summed E-state index contributed by atoms with van der Waals surface area (Å²) in [6, 6.07) is 28.9. The number of carbonyl (C=O) groups is 2. The Kier molecular flexibility index (Phi) is 6.26. The van der Waals surface area contributed by atoms with Gasteiger partial charge in [-0.1, -0.05) is 92.5 Å². The molecule has 4 atom stereocenters. The van der Waals surface area contributed by atoms with Gasteiger partial charge in [-0.25, -0.2) is 0 Å². The maximum Gasteiger partial charge on any atom is 0.189 e. The predicted octanol–water partition coefficient (Wildman–Crippen LogP) is 7.51. The van der Waals surface area contributed by atoms with Crippen molar-refractivity contribution in [2.24, 2.45) is 5.41 Å². The van der Waals surface area contributed by atoms with Gasteiger partial charge in [0.1, 0.15) is 5.54 Å². The van der Waals surface area contributed by atoms with Gasteiger partial charge in [-0.3, -0.25) is 14.5 Å². The first kappa shape index (κ1) is 27.0. The van der Waals surface area contributed by atoms with Gasteiger partial charge in [-0.05, 0) is 64.9 Å². The molecule has 0 amide bonds. The summed E-state index contributed by atoms with van der Waals surface area (Å²) in [6.07, 6.45) is 2.05. The fraction of sp³-hybridized carbons (Fsp3) is 0.257. The van der Waals surface area contributed by atoms with Gasteiger partial charge >= 0.3 is 0 Å². The molecule has 0 N–H and O–H groups in total. The van der Waals surface area contributed by atoms with Crippen LogP contribution in [0, 0.1) is 5.41 Å². The van der Waals surface area contributed by atoms with Crippen molar-refractivity contribution in [2.45, 2.75) is 17.5 Å². The highest BCUT2D eigenvalue weighted by Crippen LogP contribution is 2.69. The van der Waals surface area contributed by atoms with Crippen LogP contribution >= 0.6 is 43.6 Å². The minimum Gasteiger partial charge on any atom is -0.301 e. The Morgan fingerprint density at radius 1 is 0.881 bits per heavy atom. The van der Waals surface area contributed by atoms with Gasteiger partial charge in [0.05, 0.1) is 5.41 Å². The van der Waals surface area contributed by atoms with Crippen LogP contribution in [0.1, 0.15) is 33.0 Å². The standard InChI is InChI=1S/C35H28Br2N2O2S/c1-38-17-24(16-21-8-12-25(36)13-9-21)32(40)34(19-38)31(23-10-14-26(37)15-11-23)29-18-42-20-39(29)35(34)28-7-3-5-22-4-2-6-27(30(22)28)33(35)41/h2-16,29,31H,17-20H2,1H3/b24-16+/t29-,31-,34-,35-/m0/s1. The zero-order chi connectivity index (χ0) is 28.8. The van der Waals surface area contributed by atoms with E-state index in [-0.39, 0.29) is 23.5 Å². The molecule has 3 fully saturated rings. The van der Waals surface area contributed by atoms with Crippen molar-refractivity contribution in [3.05, 3.63) is 122 Å². The molecule has 210 valence electrons. The molecule has 0 unspecified atom stereocenters. The highest BCUT2D eigenvalue weighted by molar-refractivity contribution is 9.10. The number of ketones is 2. The maximum absolute atomic E-state index is 15.5. The van der Waals surface area contributed by atoms with Crippen molar-refractivity contribution in [3.8, 4) is 0 Å². The summed E-state index contributed by atoms with van der Waals surface area (Å²) >= 11 is 9.03. The molecule has 4 aromatic rings. The fourth-order valence-electron chi connectivity index (χ4n) is 8.53. The van der Waals surface area contributed by atoms with Gasteiger partial charge in [0.25, 0.3) is 0 Å². The SMILES string of the molecule is CN1C/C(=C\c2ccc(Br)cc2)C(=O)[C@]2(C1)[C@@H](c1ccc(Br)cc1)[C@@H]1CSCN1[C@@]21C(=O)c2cccc3cccc1c23. The summed E-state index contributed by atoms with van der Waals surface area (Å²) in [5.41, 5.74) is 2.51. The lowest BCUT2D eigenvalue weighted by atomic mass is 9.55. The van der Waals surface area contributed by atoms with E-state index in [2.05, 4.69) is 97.2 Å². The molecule has 3 aliphatic heterocycles. The largest absolute Gasteiger partial charge is 0.301 e. The molecular weight excluding hydrogens is 672 g/mol. The minimum absolute atomic E-state index is 0.0501. The first-order valence-electron chi connectivity index (χ1n) is 14.2. The highest BCUT2D eigenvalue weighted by atomic mass is 79.9. The van der Waals surface area contributed by atoms with Gasteiger partial charge in [0, 0.05) is 56.8 Å². The minimum atomic E-state index is -1.09. The summed E-state index contributed by atoms with van der Waals surface area (Å²) in [6.45, 7) is 1.06. The molecule has 2 spiro atoms. The van der Waals surface area contributed by atoms with E-state index in [0.717, 1.165) is 59.2 Å². The average Bonchev–Trinajstić information content (AvgIpc) is 3.62. The lowest BCUT2D eigenvalue weighted by Gasteiger charge is -2.51. The molecule has 1 aliphatic carbocycles. The molecule has 0 bridgehead atoms. The van der Waals surface area contributed by atoms with Crippen LogP contribution in [-0.2, 0) is 10.3 Å². The van der Waals surface area contributed by atoms with E-state index in [9.17, 15) is 0 Å². The molecule has 3 saturated heterocycles. The van der Waals surface area contributed by atoms with Gasteiger partial charge in [0.15, 0.2) is 11.6 Å². The molecule has 4 aromatic carbocycles. The number of nitrogens with zero attached hydrogens (tertiary/aromatic N) is 2. The van der Waals surface area contributed by atoms with Gasteiger partial charge in [0.2, 0.25) is 0 Å². The maximum atomic E-state index is 15.5. The van der Waals surface area contributed by atoms with Crippen molar-refractivity contribution < 1.29 is 9.59 Å². The van der Waals surface area contributed by atoms with Crippen molar-refractivity contribution in [2.75, 3.05) is 31.8 Å². The van der Waals surface area contributed by atoms with E-state index < -0.39 is 11.0 Å². The van der Waals surface area contributed by atoms with E-state index in [4.69, 9.17) is 0 Å². The van der Waals surface area contributed by atoms with Crippen LogP contribution in [0.4, 0.5) is 0 Å². The topological polar surface area (TPSA) is 40.6 Å². The molecule has 0 saturated carbocycles. The molecule has 4 nitrogen and oxygen atoms in total. The first-order valence-corrected chi connectivity index (χ1v) is 17.0. The van der Waals surface area contributed by atoms with Gasteiger partial charge in [-0.15, -0.1) is 11.8 Å². The normalized spacial score (nSPS) is 29.9. The number of halogens is 2. The second-order valence-electron chi connectivity index (χ2n) is 12.0. The van der Waals surface area contributed by atoms with Crippen molar-refractivity contribution in [1.82, 2.24) is 9.80 Å². The molecule has 8 rings (SSSR count). The lowest BCUT2D eigenvalue weighted by molar-refractivity contribution is -0.134. The molecule has 4 aliphatic rings. The van der Waals surface area contributed by atoms with Gasteiger partial charge in [-0.2, -0.15) is 0 Å². The number of hydrogen-bond donors (Lipinski definition) is 0. The molecule has 7 heteroatoms. The Labute approximate surface area is 266 Å². The van der Waals surface area contributed by atoms with E-state index >= 15 is 9.59 Å². The van der Waals surface area contributed by atoms with Crippen LogP contribution in [0.25, 0.3) is 16.8 Å². The van der Waals surface area contributed by atoms with E-state index in [1.807, 2.05) is 54.2 Å². The third-order valence-corrected chi connectivity index (χ3v) is 12.0. The Balaban J connectivity index is 1.45. The summed E-state index contributed by atoms with van der Waals surface area (Å²) < 4.78 is 2.00.